The summed E-state index contributed by atoms with van der Waals surface area (Å²) < 4.78 is 0. The summed E-state index contributed by atoms with van der Waals surface area (Å²) in [6.07, 6.45) is 3.77. The molecule has 10 aromatic rings. The van der Waals surface area contributed by atoms with Crippen LogP contribution in [0.1, 0.15) is 11.4 Å². The van der Waals surface area contributed by atoms with Crippen LogP contribution < -0.4 is 0 Å². The number of pyridine rings is 3. The smallest absolute Gasteiger partial charge is 0.160 e. The van der Waals surface area contributed by atoms with Gasteiger partial charge < -0.3 is 0 Å². The minimum atomic E-state index is 0.677. The third kappa shape index (κ3) is 6.15. The molecule has 0 saturated carbocycles. The number of aryl methyl sites for hydroxylation is 2. The van der Waals surface area contributed by atoms with Crippen molar-refractivity contribution in [2.45, 2.75) is 13.8 Å². The highest BCUT2D eigenvalue weighted by Crippen LogP contribution is 2.36. The Labute approximate surface area is 325 Å². The number of rotatable bonds is 6. The molecule has 0 radical (unpaired) electrons. The summed E-state index contributed by atoms with van der Waals surface area (Å²) in [5, 5.41) is 4.48. The fourth-order valence-corrected chi connectivity index (χ4v) is 7.72. The third-order valence-corrected chi connectivity index (χ3v) is 10.5. The zero-order valence-electron chi connectivity index (χ0n) is 31.0. The summed E-state index contributed by atoms with van der Waals surface area (Å²) in [5.41, 5.74) is 15.4. The van der Waals surface area contributed by atoms with E-state index in [2.05, 4.69) is 151 Å². The standard InChI is InChI=1S/C51H35N5/c1-32-17-18-37-23-24-45-46(27-33(2)54-50(45)49(37)53-32)35-21-19-34(20-22-35)38-11-6-14-41(28-38)51-55-47(36-9-4-3-5-10-36)30-48(56-51)40-13-7-12-39(29-40)43-16-8-15-42-31-52-26-25-44(42)43/h3-31H,1-2H3. The molecule has 0 spiro atoms. The number of nitrogens with zero attached hydrogens (tertiary/aromatic N) is 5. The Morgan fingerprint density at radius 3 is 1.89 bits per heavy atom. The largest absolute Gasteiger partial charge is 0.264 e. The average Bonchev–Trinajstić information content (AvgIpc) is 3.26. The van der Waals surface area contributed by atoms with Crippen LogP contribution in [0.4, 0.5) is 0 Å². The maximum Gasteiger partial charge on any atom is 0.160 e. The van der Waals surface area contributed by atoms with Crippen molar-refractivity contribution in [2.75, 3.05) is 0 Å². The van der Waals surface area contributed by atoms with Gasteiger partial charge in [0.1, 0.15) is 0 Å². The van der Waals surface area contributed by atoms with Gasteiger partial charge in [-0.15, -0.1) is 0 Å². The molecule has 5 heteroatoms. The van der Waals surface area contributed by atoms with E-state index in [0.717, 1.165) is 100 Å². The summed E-state index contributed by atoms with van der Waals surface area (Å²) in [6.45, 7) is 4.08. The Hall–Kier alpha value is -7.37. The number of hydrogen-bond donors (Lipinski definition) is 0. The summed E-state index contributed by atoms with van der Waals surface area (Å²) >= 11 is 0. The van der Waals surface area contributed by atoms with Gasteiger partial charge in [0.2, 0.25) is 0 Å². The van der Waals surface area contributed by atoms with E-state index < -0.39 is 0 Å². The zero-order chi connectivity index (χ0) is 37.6. The molecule has 0 amide bonds. The van der Waals surface area contributed by atoms with E-state index in [-0.39, 0.29) is 0 Å². The molecule has 10 rings (SSSR count). The molecule has 6 aromatic carbocycles. The summed E-state index contributed by atoms with van der Waals surface area (Å²) in [6, 6.07) is 57.4. The van der Waals surface area contributed by atoms with Crippen molar-refractivity contribution in [1.82, 2.24) is 24.9 Å². The molecule has 0 saturated heterocycles. The van der Waals surface area contributed by atoms with E-state index in [1.54, 1.807) is 0 Å². The van der Waals surface area contributed by atoms with E-state index >= 15 is 0 Å². The highest BCUT2D eigenvalue weighted by Gasteiger charge is 2.15. The van der Waals surface area contributed by atoms with Gasteiger partial charge in [-0.3, -0.25) is 15.0 Å². The molecule has 56 heavy (non-hydrogen) atoms. The predicted octanol–water partition coefficient (Wildman–Crippen LogP) is 12.7. The number of benzene rings is 6. The summed E-state index contributed by atoms with van der Waals surface area (Å²) in [7, 11) is 0. The van der Waals surface area contributed by atoms with Crippen LogP contribution in [0.5, 0.6) is 0 Å². The summed E-state index contributed by atoms with van der Waals surface area (Å²) in [4.78, 5) is 24.5. The molecule has 0 fully saturated rings. The molecule has 0 bridgehead atoms. The van der Waals surface area contributed by atoms with Crippen LogP contribution in [0.2, 0.25) is 0 Å². The van der Waals surface area contributed by atoms with Gasteiger partial charge in [-0.1, -0.05) is 127 Å². The Balaban J connectivity index is 1.03. The monoisotopic (exact) mass is 717 g/mol. The van der Waals surface area contributed by atoms with Crippen molar-refractivity contribution >= 4 is 32.6 Å². The van der Waals surface area contributed by atoms with Crippen molar-refractivity contribution in [3.05, 3.63) is 188 Å². The third-order valence-electron chi connectivity index (χ3n) is 10.5. The lowest BCUT2D eigenvalue weighted by Crippen LogP contribution is -1.96. The van der Waals surface area contributed by atoms with Gasteiger partial charge in [0.05, 0.1) is 22.4 Å². The number of fused-ring (bicyclic) bond motifs is 4. The molecule has 4 heterocycles. The molecule has 0 aliphatic rings. The second-order valence-electron chi connectivity index (χ2n) is 14.3. The van der Waals surface area contributed by atoms with Gasteiger partial charge in [0.15, 0.2) is 5.82 Å². The Morgan fingerprint density at radius 1 is 0.357 bits per heavy atom. The van der Waals surface area contributed by atoms with E-state index in [0.29, 0.717) is 5.82 Å². The Morgan fingerprint density at radius 2 is 1.04 bits per heavy atom. The molecule has 0 aliphatic heterocycles. The topological polar surface area (TPSA) is 64.5 Å². The number of hydrogen-bond acceptors (Lipinski definition) is 5. The highest BCUT2D eigenvalue weighted by molar-refractivity contribution is 6.08. The van der Waals surface area contributed by atoms with Crippen LogP contribution in [0.15, 0.2) is 176 Å². The second kappa shape index (κ2) is 13.8. The lowest BCUT2D eigenvalue weighted by molar-refractivity contribution is 1.18. The maximum atomic E-state index is 5.22. The molecule has 0 atom stereocenters. The van der Waals surface area contributed by atoms with Gasteiger partial charge in [-0.05, 0) is 89.0 Å². The van der Waals surface area contributed by atoms with Gasteiger partial charge in [0.25, 0.3) is 0 Å². The first-order valence-electron chi connectivity index (χ1n) is 18.8. The zero-order valence-corrected chi connectivity index (χ0v) is 31.0. The molecule has 4 aromatic heterocycles. The van der Waals surface area contributed by atoms with E-state index in [4.69, 9.17) is 19.9 Å². The van der Waals surface area contributed by atoms with Crippen molar-refractivity contribution < 1.29 is 0 Å². The lowest BCUT2D eigenvalue weighted by atomic mass is 9.96. The van der Waals surface area contributed by atoms with Crippen molar-refractivity contribution in [3.63, 3.8) is 0 Å². The normalized spacial score (nSPS) is 11.4. The lowest BCUT2D eigenvalue weighted by Gasteiger charge is -2.13. The second-order valence-corrected chi connectivity index (χ2v) is 14.3. The van der Waals surface area contributed by atoms with Crippen LogP contribution in [-0.4, -0.2) is 24.9 Å². The van der Waals surface area contributed by atoms with E-state index in [9.17, 15) is 0 Å². The van der Waals surface area contributed by atoms with Crippen LogP contribution in [0, 0.1) is 13.8 Å². The fourth-order valence-electron chi connectivity index (χ4n) is 7.72. The van der Waals surface area contributed by atoms with Crippen molar-refractivity contribution in [2.24, 2.45) is 0 Å². The first-order chi connectivity index (χ1) is 27.5. The van der Waals surface area contributed by atoms with Crippen molar-refractivity contribution in [1.29, 1.82) is 0 Å². The molecule has 0 N–H and O–H groups in total. The molecule has 0 unspecified atom stereocenters. The molecule has 0 aliphatic carbocycles. The first-order valence-corrected chi connectivity index (χ1v) is 18.8. The van der Waals surface area contributed by atoms with E-state index in [1.807, 2.05) is 43.6 Å². The summed E-state index contributed by atoms with van der Waals surface area (Å²) in [5.74, 6) is 0.677. The first kappa shape index (κ1) is 33.2. The average molecular weight is 718 g/mol. The SMILES string of the molecule is Cc1ccc2ccc3c(-c4ccc(-c5cccc(-c6nc(-c7ccccc7)cc(-c7cccc(-c8cccc9cnccc89)c7)n6)c5)cc4)cc(C)nc3c2n1. The van der Waals surface area contributed by atoms with Crippen LogP contribution >= 0.6 is 0 Å². The maximum absolute atomic E-state index is 5.22. The van der Waals surface area contributed by atoms with Crippen LogP contribution in [0.25, 0.3) is 99.9 Å². The Kier molecular flexibility index (Phi) is 8.19. The van der Waals surface area contributed by atoms with E-state index in [1.165, 1.54) is 5.39 Å². The molecule has 264 valence electrons. The molecular weight excluding hydrogens is 683 g/mol. The minimum Gasteiger partial charge on any atom is -0.264 e. The van der Waals surface area contributed by atoms with Gasteiger partial charge in [-0.2, -0.15) is 0 Å². The minimum absolute atomic E-state index is 0.677. The Bertz CT molecular complexity index is 3090. The fraction of sp³-hybridized carbons (Fsp3) is 0.0392. The van der Waals surface area contributed by atoms with Crippen LogP contribution in [-0.2, 0) is 0 Å². The highest BCUT2D eigenvalue weighted by atomic mass is 14.9. The number of aromatic nitrogens is 5. The van der Waals surface area contributed by atoms with Crippen molar-refractivity contribution in [3.8, 4) is 67.3 Å². The quantitative estimate of drug-likeness (QED) is 0.160. The molecule has 5 nitrogen and oxygen atoms in total. The van der Waals surface area contributed by atoms with Gasteiger partial charge >= 0.3 is 0 Å². The van der Waals surface area contributed by atoms with Gasteiger partial charge in [0, 0.05) is 56.6 Å². The van der Waals surface area contributed by atoms with Gasteiger partial charge in [-0.25, -0.2) is 9.97 Å². The molecular formula is C51H35N5. The van der Waals surface area contributed by atoms with Crippen LogP contribution in [0.3, 0.4) is 0 Å². The predicted molar refractivity (Wildman–Crippen MR) is 230 cm³/mol.